The minimum absolute atomic E-state index is 0.0158. The number of aliphatic hydroxyl groups is 6. The Hall–Kier alpha value is -1.97. The molecule has 7 N–H and O–H groups in total. The molecule has 2 aliphatic heterocycles. The summed E-state index contributed by atoms with van der Waals surface area (Å²) in [6.45, 7) is 18.1. The van der Waals surface area contributed by atoms with Crippen molar-refractivity contribution in [1.29, 1.82) is 0 Å². The van der Waals surface area contributed by atoms with Crippen molar-refractivity contribution in [3.05, 3.63) is 48.0 Å². The molecule has 1 aromatic rings. The van der Waals surface area contributed by atoms with E-state index >= 15 is 0 Å². The number of benzene rings is 1. The largest absolute Gasteiger partial charge is 0.396 e. The topological polar surface area (TPSA) is 187 Å². The summed E-state index contributed by atoms with van der Waals surface area (Å²) in [5.74, 6) is 1.69. The molecule has 12 nitrogen and oxygen atoms in total. The Morgan fingerprint density at radius 1 is 0.817 bits per heavy atom. The standard InChI is InChI=1S/C48H73NO11/c1-26(2)29-15-20-48(43(56)49-23-28-11-9-8-10-12-28)22-21-46(6)30(35(29)48)13-14-33-44(4)18-17-34(45(5,25-50)32(44)16-19-47(33,46)7)59-42-40(37(53)31(51)24-57-42)60-41-39(55)38(54)36(52)27(3)58-41/h8-12,27,29-42,50-55H,1,13-25H2,2-7H3,(H,49,56)/t27-,29-,30?,31-,32+,33+,34?,35+,36-,37-,38+,39+,40+,41-,42?,44-,45-,46+,47+,48-/m0/s1. The van der Waals surface area contributed by atoms with Crippen molar-refractivity contribution in [2.24, 2.45) is 56.7 Å². The van der Waals surface area contributed by atoms with E-state index in [-0.39, 0.29) is 47.2 Å². The fourth-order valence-corrected chi connectivity index (χ4v) is 15.2. The van der Waals surface area contributed by atoms with Crippen LogP contribution in [-0.4, -0.2) is 111 Å². The van der Waals surface area contributed by atoms with Crippen molar-refractivity contribution < 1.29 is 54.4 Å². The van der Waals surface area contributed by atoms with E-state index < -0.39 is 72.2 Å². The molecule has 3 unspecified atom stereocenters. The molecule has 8 rings (SSSR count). The van der Waals surface area contributed by atoms with Gasteiger partial charge in [0.2, 0.25) is 5.91 Å². The maximum Gasteiger partial charge on any atom is 0.226 e. The molecule has 7 aliphatic rings. The first-order chi connectivity index (χ1) is 28.4. The van der Waals surface area contributed by atoms with Crippen molar-refractivity contribution in [3.63, 3.8) is 0 Å². The third-order valence-corrected chi connectivity index (χ3v) is 18.7. The Bertz CT molecular complexity index is 1730. The SMILES string of the molecule is C=C(C)[C@@H]1CC[C@]2(C(=O)NCc3ccccc3)CC[C@]3(C)C(CC[C@@H]4[C@@]5(C)CCC(OC6OC[C@H](O)[C@H](O)[C@H]6O[C@@H]6O[C@@H](C)[C@H](O)[C@@H](O)[C@H]6O)[C@@](C)(CO)[C@@H]5CC[C@]43C)[C@@H]12. The summed E-state index contributed by atoms with van der Waals surface area (Å²) in [6.07, 6.45) is -3.10. The van der Waals surface area contributed by atoms with Crippen LogP contribution in [0.2, 0.25) is 0 Å². The van der Waals surface area contributed by atoms with Crippen LogP contribution in [0.3, 0.4) is 0 Å². The van der Waals surface area contributed by atoms with Crippen LogP contribution >= 0.6 is 0 Å². The molecule has 7 fully saturated rings. The number of ether oxygens (including phenoxy) is 4. The Morgan fingerprint density at radius 2 is 1.55 bits per heavy atom. The van der Waals surface area contributed by atoms with Crippen LogP contribution in [-0.2, 0) is 30.3 Å². The number of rotatable bonds is 9. The van der Waals surface area contributed by atoms with Crippen molar-refractivity contribution in [2.75, 3.05) is 13.2 Å². The monoisotopic (exact) mass is 840 g/mol. The molecule has 0 spiro atoms. The van der Waals surface area contributed by atoms with Gasteiger partial charge in [0.05, 0.1) is 30.8 Å². The first-order valence-corrected chi connectivity index (χ1v) is 22.9. The first-order valence-electron chi connectivity index (χ1n) is 22.9. The Kier molecular flexibility index (Phi) is 12.1. The van der Waals surface area contributed by atoms with Crippen LogP contribution in [0.1, 0.15) is 111 Å². The molecule has 336 valence electrons. The Labute approximate surface area is 356 Å². The summed E-state index contributed by atoms with van der Waals surface area (Å²) >= 11 is 0. The normalized spacial score (nSPS) is 51.4. The lowest BCUT2D eigenvalue weighted by Crippen LogP contribution is -2.68. The van der Waals surface area contributed by atoms with Crippen LogP contribution in [0.15, 0.2) is 42.5 Å². The minimum Gasteiger partial charge on any atom is -0.396 e. The molecule has 1 amide bonds. The molecule has 0 radical (unpaired) electrons. The van der Waals surface area contributed by atoms with E-state index in [1.165, 1.54) is 5.57 Å². The van der Waals surface area contributed by atoms with Gasteiger partial charge in [0, 0.05) is 12.0 Å². The highest BCUT2D eigenvalue weighted by Crippen LogP contribution is 2.77. The summed E-state index contributed by atoms with van der Waals surface area (Å²) in [4.78, 5) is 14.6. The second-order valence-electron chi connectivity index (χ2n) is 21.4. The van der Waals surface area contributed by atoms with E-state index in [1.807, 2.05) is 18.2 Å². The average molecular weight is 840 g/mol. The highest BCUT2D eigenvalue weighted by molar-refractivity contribution is 5.84. The van der Waals surface area contributed by atoms with Crippen molar-refractivity contribution in [1.82, 2.24) is 5.32 Å². The number of allylic oxidation sites excluding steroid dienone is 1. The molecule has 0 bridgehead atoms. The highest BCUT2D eigenvalue weighted by atomic mass is 16.8. The molecule has 2 saturated heterocycles. The Morgan fingerprint density at radius 3 is 2.25 bits per heavy atom. The zero-order valence-electron chi connectivity index (χ0n) is 36.7. The van der Waals surface area contributed by atoms with Crippen molar-refractivity contribution in [2.45, 2.75) is 174 Å². The number of hydrogen-bond acceptors (Lipinski definition) is 11. The molecule has 20 atom stereocenters. The summed E-state index contributed by atoms with van der Waals surface area (Å²) in [5.41, 5.74) is 1.17. The number of aliphatic hydroxyl groups excluding tert-OH is 6. The molecule has 12 heteroatoms. The van der Waals surface area contributed by atoms with E-state index in [2.05, 4.69) is 58.6 Å². The van der Waals surface area contributed by atoms with Gasteiger partial charge in [-0.25, -0.2) is 0 Å². The quantitative estimate of drug-likeness (QED) is 0.136. The van der Waals surface area contributed by atoms with E-state index in [1.54, 1.807) is 6.92 Å². The van der Waals surface area contributed by atoms with Crippen LogP contribution in [0, 0.1) is 56.7 Å². The highest BCUT2D eigenvalue weighted by Gasteiger charge is 2.72. The van der Waals surface area contributed by atoms with E-state index in [9.17, 15) is 35.4 Å². The predicted octanol–water partition coefficient (Wildman–Crippen LogP) is 4.61. The predicted molar refractivity (Wildman–Crippen MR) is 223 cm³/mol. The van der Waals surface area contributed by atoms with Gasteiger partial charge in [-0.1, -0.05) is 70.2 Å². The minimum atomic E-state index is -1.62. The van der Waals surface area contributed by atoms with Crippen LogP contribution in [0.4, 0.5) is 0 Å². The van der Waals surface area contributed by atoms with Gasteiger partial charge in [-0.2, -0.15) is 0 Å². The summed E-state index contributed by atoms with van der Waals surface area (Å²) in [5, 5.41) is 68.1. The number of amides is 1. The second kappa shape index (κ2) is 16.2. The zero-order valence-corrected chi connectivity index (χ0v) is 36.7. The van der Waals surface area contributed by atoms with Crippen LogP contribution in [0.25, 0.3) is 0 Å². The second-order valence-corrected chi connectivity index (χ2v) is 21.4. The fourth-order valence-electron chi connectivity index (χ4n) is 15.2. The molecule has 0 aromatic heterocycles. The van der Waals surface area contributed by atoms with Crippen molar-refractivity contribution >= 4 is 5.91 Å². The molecular formula is C48H73NO11. The van der Waals surface area contributed by atoms with Gasteiger partial charge < -0.3 is 54.9 Å². The molecular weight excluding hydrogens is 767 g/mol. The van der Waals surface area contributed by atoms with Crippen LogP contribution < -0.4 is 5.32 Å². The molecule has 60 heavy (non-hydrogen) atoms. The summed E-state index contributed by atoms with van der Waals surface area (Å²) in [6, 6.07) is 10.2. The number of carbonyl (C=O) groups excluding carboxylic acids is 1. The molecule has 5 aliphatic carbocycles. The summed E-state index contributed by atoms with van der Waals surface area (Å²) < 4.78 is 24.5. The third-order valence-electron chi connectivity index (χ3n) is 18.7. The number of carbonyl (C=O) groups is 1. The van der Waals surface area contributed by atoms with E-state index in [0.717, 1.165) is 63.4 Å². The lowest BCUT2D eigenvalue weighted by Gasteiger charge is -2.73. The van der Waals surface area contributed by atoms with Gasteiger partial charge in [0.1, 0.15) is 36.6 Å². The molecule has 5 saturated carbocycles. The van der Waals surface area contributed by atoms with Gasteiger partial charge in [-0.3, -0.25) is 4.79 Å². The number of nitrogens with one attached hydrogen (secondary N) is 1. The smallest absolute Gasteiger partial charge is 0.226 e. The van der Waals surface area contributed by atoms with Gasteiger partial charge in [0.15, 0.2) is 12.6 Å². The Balaban J connectivity index is 1.03. The molecule has 1 aromatic carbocycles. The van der Waals surface area contributed by atoms with Crippen LogP contribution in [0.5, 0.6) is 0 Å². The third kappa shape index (κ3) is 6.79. The summed E-state index contributed by atoms with van der Waals surface area (Å²) in [7, 11) is 0. The maximum absolute atomic E-state index is 14.6. The van der Waals surface area contributed by atoms with Gasteiger partial charge in [-0.15, -0.1) is 0 Å². The van der Waals surface area contributed by atoms with E-state index in [4.69, 9.17) is 18.9 Å². The average Bonchev–Trinajstić information content (AvgIpc) is 3.64. The first kappa shape index (κ1) is 44.6. The lowest BCUT2D eigenvalue weighted by atomic mass is 9.32. The molecule has 2 heterocycles. The lowest BCUT2D eigenvalue weighted by molar-refractivity contribution is -0.366. The van der Waals surface area contributed by atoms with E-state index in [0.29, 0.717) is 30.7 Å². The maximum atomic E-state index is 14.6. The van der Waals surface area contributed by atoms with Crippen molar-refractivity contribution in [3.8, 4) is 0 Å². The van der Waals surface area contributed by atoms with Gasteiger partial charge in [0.25, 0.3) is 0 Å². The van der Waals surface area contributed by atoms with Gasteiger partial charge >= 0.3 is 0 Å². The fraction of sp³-hybridized carbons (Fsp3) is 0.812. The van der Waals surface area contributed by atoms with Gasteiger partial charge in [-0.05, 0) is 129 Å². The zero-order chi connectivity index (χ0) is 43.2. The number of hydrogen-bond donors (Lipinski definition) is 7. The number of fused-ring (bicyclic) bond motifs is 7.